The molecule has 1 aliphatic heterocycles. The molecule has 0 N–H and O–H groups in total. The average molecular weight is 298 g/mol. The number of pyridine rings is 1. The summed E-state index contributed by atoms with van der Waals surface area (Å²) in [6, 6.07) is 9.42. The summed E-state index contributed by atoms with van der Waals surface area (Å²) in [6.07, 6.45) is 4.01. The first-order valence-corrected chi connectivity index (χ1v) is 7.21. The van der Waals surface area contributed by atoms with Gasteiger partial charge in [0.15, 0.2) is 11.5 Å². The Balaban J connectivity index is 1.68. The van der Waals surface area contributed by atoms with Gasteiger partial charge in [0.1, 0.15) is 0 Å². The standard InChI is InChI=1S/C17H18N2O3/c1-12(19(2)17(20)14-5-7-18-8-6-14)9-13-3-4-15-16(10-13)22-11-21-15/h3-8,10,12H,9,11H2,1-2H3. The molecule has 2 heterocycles. The number of ether oxygens (including phenoxy) is 2. The van der Waals surface area contributed by atoms with Gasteiger partial charge in [0, 0.05) is 31.0 Å². The molecule has 1 aromatic heterocycles. The fourth-order valence-electron chi connectivity index (χ4n) is 2.44. The molecular formula is C17H18N2O3. The van der Waals surface area contributed by atoms with Crippen LogP contribution >= 0.6 is 0 Å². The zero-order chi connectivity index (χ0) is 15.5. The maximum Gasteiger partial charge on any atom is 0.253 e. The molecule has 1 aliphatic rings. The van der Waals surface area contributed by atoms with Gasteiger partial charge in [0.05, 0.1) is 0 Å². The molecule has 1 atom stereocenters. The molecule has 1 unspecified atom stereocenters. The van der Waals surface area contributed by atoms with E-state index >= 15 is 0 Å². The van der Waals surface area contributed by atoms with Crippen molar-refractivity contribution in [3.63, 3.8) is 0 Å². The highest BCUT2D eigenvalue weighted by molar-refractivity contribution is 5.94. The van der Waals surface area contributed by atoms with E-state index in [2.05, 4.69) is 4.98 Å². The molecule has 0 aliphatic carbocycles. The summed E-state index contributed by atoms with van der Waals surface area (Å²) in [5.74, 6) is 1.54. The fraction of sp³-hybridized carbons (Fsp3) is 0.294. The Hall–Kier alpha value is -2.56. The van der Waals surface area contributed by atoms with Gasteiger partial charge in [-0.25, -0.2) is 0 Å². The van der Waals surface area contributed by atoms with Crippen molar-refractivity contribution in [2.24, 2.45) is 0 Å². The smallest absolute Gasteiger partial charge is 0.253 e. The lowest BCUT2D eigenvalue weighted by atomic mass is 10.0. The van der Waals surface area contributed by atoms with E-state index in [1.54, 1.807) is 29.4 Å². The van der Waals surface area contributed by atoms with Crippen LogP contribution in [0.2, 0.25) is 0 Å². The molecule has 5 nitrogen and oxygen atoms in total. The van der Waals surface area contributed by atoms with Crippen molar-refractivity contribution < 1.29 is 14.3 Å². The van der Waals surface area contributed by atoms with Crippen LogP contribution in [0.5, 0.6) is 11.5 Å². The molecule has 114 valence electrons. The Morgan fingerprint density at radius 1 is 1.23 bits per heavy atom. The number of aromatic nitrogens is 1. The summed E-state index contributed by atoms with van der Waals surface area (Å²) in [6.45, 7) is 2.30. The van der Waals surface area contributed by atoms with Gasteiger partial charge in [0.2, 0.25) is 6.79 Å². The molecular weight excluding hydrogens is 280 g/mol. The topological polar surface area (TPSA) is 51.7 Å². The number of rotatable bonds is 4. The molecule has 0 saturated heterocycles. The molecule has 22 heavy (non-hydrogen) atoms. The first kappa shape index (κ1) is 14.4. The summed E-state index contributed by atoms with van der Waals surface area (Å²) in [7, 11) is 1.82. The van der Waals surface area contributed by atoms with Gasteiger partial charge in [-0.05, 0) is 43.2 Å². The summed E-state index contributed by atoms with van der Waals surface area (Å²) in [4.78, 5) is 18.1. The van der Waals surface area contributed by atoms with Crippen molar-refractivity contribution in [2.75, 3.05) is 13.8 Å². The molecule has 5 heteroatoms. The van der Waals surface area contributed by atoms with Crippen LogP contribution < -0.4 is 9.47 Å². The van der Waals surface area contributed by atoms with Crippen molar-refractivity contribution >= 4 is 5.91 Å². The SMILES string of the molecule is CC(Cc1ccc2c(c1)OCO2)N(C)C(=O)c1ccncc1. The Morgan fingerprint density at radius 2 is 1.95 bits per heavy atom. The molecule has 2 aromatic rings. The highest BCUT2D eigenvalue weighted by atomic mass is 16.7. The van der Waals surface area contributed by atoms with Gasteiger partial charge in [-0.1, -0.05) is 6.07 Å². The first-order valence-electron chi connectivity index (χ1n) is 7.21. The van der Waals surface area contributed by atoms with Crippen LogP contribution in [0.15, 0.2) is 42.7 Å². The summed E-state index contributed by atoms with van der Waals surface area (Å²) in [5, 5.41) is 0. The second-order valence-electron chi connectivity index (χ2n) is 5.39. The molecule has 0 saturated carbocycles. The van der Waals surface area contributed by atoms with E-state index in [0.29, 0.717) is 5.56 Å². The number of nitrogens with zero attached hydrogens (tertiary/aromatic N) is 2. The maximum absolute atomic E-state index is 12.4. The van der Waals surface area contributed by atoms with Crippen LogP contribution in [0.3, 0.4) is 0 Å². The molecule has 1 amide bonds. The second kappa shape index (κ2) is 6.05. The minimum atomic E-state index is -0.00403. The summed E-state index contributed by atoms with van der Waals surface area (Å²) < 4.78 is 10.7. The molecule has 0 spiro atoms. The van der Waals surface area contributed by atoms with E-state index in [4.69, 9.17) is 9.47 Å². The Bertz CT molecular complexity index is 673. The molecule has 1 aromatic carbocycles. The van der Waals surface area contributed by atoms with Crippen LogP contribution in [-0.2, 0) is 6.42 Å². The van der Waals surface area contributed by atoms with E-state index in [1.807, 2.05) is 32.2 Å². The van der Waals surface area contributed by atoms with E-state index in [-0.39, 0.29) is 18.7 Å². The van der Waals surface area contributed by atoms with Crippen LogP contribution in [0.1, 0.15) is 22.8 Å². The largest absolute Gasteiger partial charge is 0.454 e. The van der Waals surface area contributed by atoms with E-state index < -0.39 is 0 Å². The Labute approximate surface area is 129 Å². The van der Waals surface area contributed by atoms with E-state index in [1.165, 1.54) is 0 Å². The number of carbonyl (C=O) groups excluding carboxylic acids is 1. The van der Waals surface area contributed by atoms with Crippen LogP contribution in [0, 0.1) is 0 Å². The highest BCUT2D eigenvalue weighted by Crippen LogP contribution is 2.32. The highest BCUT2D eigenvalue weighted by Gasteiger charge is 2.19. The molecule has 3 rings (SSSR count). The Morgan fingerprint density at radius 3 is 2.73 bits per heavy atom. The number of hydrogen-bond donors (Lipinski definition) is 0. The van der Waals surface area contributed by atoms with Gasteiger partial charge in [-0.2, -0.15) is 0 Å². The predicted octanol–water partition coefficient (Wildman–Crippen LogP) is 2.51. The number of hydrogen-bond acceptors (Lipinski definition) is 4. The maximum atomic E-state index is 12.4. The lowest BCUT2D eigenvalue weighted by molar-refractivity contribution is 0.0743. The minimum Gasteiger partial charge on any atom is -0.454 e. The van der Waals surface area contributed by atoms with E-state index in [9.17, 15) is 4.79 Å². The Kier molecular flexibility index (Phi) is 3.96. The average Bonchev–Trinajstić information content (AvgIpc) is 3.02. The quantitative estimate of drug-likeness (QED) is 0.870. The van der Waals surface area contributed by atoms with Crippen LogP contribution in [0.25, 0.3) is 0 Å². The molecule has 0 radical (unpaired) electrons. The van der Waals surface area contributed by atoms with Gasteiger partial charge >= 0.3 is 0 Å². The van der Waals surface area contributed by atoms with E-state index in [0.717, 1.165) is 23.5 Å². The lowest BCUT2D eigenvalue weighted by Crippen LogP contribution is -2.36. The van der Waals surface area contributed by atoms with Crippen LogP contribution in [-0.4, -0.2) is 35.7 Å². The van der Waals surface area contributed by atoms with Gasteiger partial charge < -0.3 is 14.4 Å². The van der Waals surface area contributed by atoms with Crippen LogP contribution in [0.4, 0.5) is 0 Å². The van der Waals surface area contributed by atoms with Crippen molar-refractivity contribution in [1.29, 1.82) is 0 Å². The minimum absolute atomic E-state index is 0.00403. The predicted molar refractivity (Wildman–Crippen MR) is 82.1 cm³/mol. The summed E-state index contributed by atoms with van der Waals surface area (Å²) >= 11 is 0. The van der Waals surface area contributed by atoms with Crippen molar-refractivity contribution in [3.8, 4) is 11.5 Å². The zero-order valence-electron chi connectivity index (χ0n) is 12.7. The molecule has 0 fully saturated rings. The number of likely N-dealkylation sites (N-methyl/N-ethyl adjacent to an activating group) is 1. The third-order valence-electron chi connectivity index (χ3n) is 3.88. The van der Waals surface area contributed by atoms with Gasteiger partial charge in [-0.15, -0.1) is 0 Å². The first-order chi connectivity index (χ1) is 10.6. The lowest BCUT2D eigenvalue weighted by Gasteiger charge is -2.25. The second-order valence-corrected chi connectivity index (χ2v) is 5.39. The van der Waals surface area contributed by atoms with Crippen molar-refractivity contribution in [1.82, 2.24) is 9.88 Å². The third kappa shape index (κ3) is 2.88. The molecule has 0 bridgehead atoms. The number of benzene rings is 1. The van der Waals surface area contributed by atoms with Gasteiger partial charge in [0.25, 0.3) is 5.91 Å². The van der Waals surface area contributed by atoms with Crippen molar-refractivity contribution in [2.45, 2.75) is 19.4 Å². The number of carbonyl (C=O) groups is 1. The third-order valence-corrected chi connectivity index (χ3v) is 3.88. The van der Waals surface area contributed by atoms with Crippen molar-refractivity contribution in [3.05, 3.63) is 53.9 Å². The normalized spacial score (nSPS) is 13.7. The number of amides is 1. The summed E-state index contributed by atoms with van der Waals surface area (Å²) in [5.41, 5.74) is 1.76. The van der Waals surface area contributed by atoms with Gasteiger partial charge in [-0.3, -0.25) is 9.78 Å². The monoisotopic (exact) mass is 298 g/mol. The fourth-order valence-corrected chi connectivity index (χ4v) is 2.44. The zero-order valence-corrected chi connectivity index (χ0v) is 12.7. The number of fused-ring (bicyclic) bond motifs is 1.